The molecule has 0 unspecified atom stereocenters. The van der Waals surface area contributed by atoms with Crippen molar-refractivity contribution in [2.75, 3.05) is 0 Å². The van der Waals surface area contributed by atoms with E-state index in [0.29, 0.717) is 0 Å². The molecule has 0 amide bonds. The van der Waals surface area contributed by atoms with E-state index in [1.54, 1.807) is 6.07 Å². The van der Waals surface area contributed by atoms with Gasteiger partial charge in [-0.05, 0) is 18.2 Å². The van der Waals surface area contributed by atoms with Crippen LogP contribution in [0, 0.1) is 17.1 Å². The summed E-state index contributed by atoms with van der Waals surface area (Å²) in [6.45, 7) is 0. The highest BCUT2D eigenvalue weighted by atomic mass is 19.1. The van der Waals surface area contributed by atoms with Gasteiger partial charge in [0, 0.05) is 5.56 Å². The first-order valence-corrected chi connectivity index (χ1v) is 3.06. The number of hydrogen-bond donors (Lipinski definition) is 0. The molecule has 0 aliphatic rings. The zero-order valence-corrected chi connectivity index (χ0v) is 5.87. The monoisotopic (exact) mass is 164 g/mol. The standard InChI is InChI=1S/C8H4FNO2/c9-7-3-5(4-10)1-2-6(7)8(11)12/h1-3H,(H,11,12)/p-1. The number of aromatic carboxylic acids is 1. The van der Waals surface area contributed by atoms with Crippen LogP contribution in [0.1, 0.15) is 15.9 Å². The zero-order valence-electron chi connectivity index (χ0n) is 5.87. The summed E-state index contributed by atoms with van der Waals surface area (Å²) in [5.41, 5.74) is -0.452. The first-order chi connectivity index (χ1) is 5.65. The Kier molecular flexibility index (Phi) is 2.06. The van der Waals surface area contributed by atoms with E-state index < -0.39 is 17.3 Å². The normalized spacial score (nSPS) is 9.00. The van der Waals surface area contributed by atoms with Crippen LogP contribution in [-0.4, -0.2) is 5.97 Å². The molecule has 0 radical (unpaired) electrons. The molecule has 3 nitrogen and oxygen atoms in total. The molecule has 0 fully saturated rings. The number of halogens is 1. The first-order valence-electron chi connectivity index (χ1n) is 3.06. The molecule has 1 aromatic carbocycles. The Morgan fingerprint density at radius 1 is 1.58 bits per heavy atom. The number of carbonyl (C=O) groups excluding carboxylic acids is 1. The highest BCUT2D eigenvalue weighted by Gasteiger charge is 2.02. The predicted molar refractivity (Wildman–Crippen MR) is 35.4 cm³/mol. The third kappa shape index (κ3) is 1.40. The predicted octanol–water partition coefficient (Wildman–Crippen LogP) is 0.0609. The molecule has 0 aliphatic heterocycles. The molecule has 0 N–H and O–H groups in total. The molecule has 0 saturated heterocycles. The molecule has 4 heteroatoms. The molecule has 0 saturated carbocycles. The number of carboxylic acids is 1. The van der Waals surface area contributed by atoms with Crippen molar-refractivity contribution in [1.82, 2.24) is 0 Å². The molecule has 0 heterocycles. The fraction of sp³-hybridized carbons (Fsp3) is 0. The van der Waals surface area contributed by atoms with E-state index in [2.05, 4.69) is 0 Å². The average Bonchev–Trinajstić information content (AvgIpc) is 2.03. The fourth-order valence-corrected chi connectivity index (χ4v) is 0.750. The van der Waals surface area contributed by atoms with Crippen LogP contribution >= 0.6 is 0 Å². The lowest BCUT2D eigenvalue weighted by molar-refractivity contribution is -0.255. The van der Waals surface area contributed by atoms with Gasteiger partial charge < -0.3 is 9.90 Å². The van der Waals surface area contributed by atoms with Crippen molar-refractivity contribution < 1.29 is 14.3 Å². The first kappa shape index (κ1) is 8.21. The van der Waals surface area contributed by atoms with Crippen LogP contribution in [0.15, 0.2) is 18.2 Å². The van der Waals surface area contributed by atoms with Gasteiger partial charge in [0.05, 0.1) is 17.6 Å². The molecule has 0 atom stereocenters. The van der Waals surface area contributed by atoms with E-state index in [4.69, 9.17) is 5.26 Å². The van der Waals surface area contributed by atoms with Crippen molar-refractivity contribution in [3.05, 3.63) is 35.1 Å². The van der Waals surface area contributed by atoms with Crippen molar-refractivity contribution in [3.8, 4) is 6.07 Å². The lowest BCUT2D eigenvalue weighted by atomic mass is 10.1. The highest BCUT2D eigenvalue weighted by molar-refractivity contribution is 5.86. The molecule has 0 spiro atoms. The SMILES string of the molecule is N#Cc1ccc(C(=O)[O-])c(F)c1. The highest BCUT2D eigenvalue weighted by Crippen LogP contribution is 2.08. The summed E-state index contributed by atoms with van der Waals surface area (Å²) in [5.74, 6) is -2.54. The second-order valence-electron chi connectivity index (χ2n) is 2.09. The molecular weight excluding hydrogens is 161 g/mol. The minimum Gasteiger partial charge on any atom is -0.545 e. The Bertz CT molecular complexity index is 368. The van der Waals surface area contributed by atoms with Gasteiger partial charge in [-0.15, -0.1) is 0 Å². The molecular formula is C8H3FNO2-. The minimum atomic E-state index is -1.59. The van der Waals surface area contributed by atoms with Gasteiger partial charge in [-0.2, -0.15) is 5.26 Å². The molecule has 12 heavy (non-hydrogen) atoms. The Morgan fingerprint density at radius 3 is 2.67 bits per heavy atom. The fourth-order valence-electron chi connectivity index (χ4n) is 0.750. The van der Waals surface area contributed by atoms with Gasteiger partial charge in [0.2, 0.25) is 0 Å². The van der Waals surface area contributed by atoms with E-state index in [1.807, 2.05) is 0 Å². The van der Waals surface area contributed by atoms with Crippen LogP contribution in [0.2, 0.25) is 0 Å². The molecule has 0 bridgehead atoms. The molecule has 1 aromatic rings. The Labute approximate surface area is 67.7 Å². The minimum absolute atomic E-state index is 0.0810. The number of hydrogen-bond acceptors (Lipinski definition) is 3. The van der Waals surface area contributed by atoms with Crippen molar-refractivity contribution in [1.29, 1.82) is 5.26 Å². The van der Waals surface area contributed by atoms with Crippen molar-refractivity contribution in [2.24, 2.45) is 0 Å². The molecule has 0 aliphatic carbocycles. The topological polar surface area (TPSA) is 63.9 Å². The van der Waals surface area contributed by atoms with E-state index in [9.17, 15) is 14.3 Å². The van der Waals surface area contributed by atoms with Gasteiger partial charge in [-0.1, -0.05) is 0 Å². The Hall–Kier alpha value is -1.89. The van der Waals surface area contributed by atoms with Gasteiger partial charge >= 0.3 is 0 Å². The van der Waals surface area contributed by atoms with Crippen LogP contribution in [0.25, 0.3) is 0 Å². The largest absolute Gasteiger partial charge is 0.545 e. The quantitative estimate of drug-likeness (QED) is 0.589. The number of carboxylic acid groups (broad SMARTS) is 1. The summed E-state index contributed by atoms with van der Waals surface area (Å²) in [5, 5.41) is 18.5. The number of benzene rings is 1. The maximum Gasteiger partial charge on any atom is 0.133 e. The third-order valence-corrected chi connectivity index (χ3v) is 1.32. The summed E-state index contributed by atoms with van der Waals surface area (Å²) in [4.78, 5) is 10.2. The average molecular weight is 164 g/mol. The van der Waals surface area contributed by atoms with Crippen LogP contribution in [-0.2, 0) is 0 Å². The molecule has 0 aromatic heterocycles. The maximum atomic E-state index is 12.7. The van der Waals surface area contributed by atoms with Crippen molar-refractivity contribution in [2.45, 2.75) is 0 Å². The summed E-state index contributed by atoms with van der Waals surface area (Å²) in [6, 6.07) is 4.75. The van der Waals surface area contributed by atoms with Gasteiger partial charge in [-0.3, -0.25) is 0 Å². The van der Waals surface area contributed by atoms with E-state index in [0.717, 1.165) is 12.1 Å². The number of rotatable bonds is 1. The summed E-state index contributed by atoms with van der Waals surface area (Å²) >= 11 is 0. The van der Waals surface area contributed by atoms with Crippen molar-refractivity contribution in [3.63, 3.8) is 0 Å². The second kappa shape index (κ2) is 3.01. The number of nitriles is 1. The zero-order chi connectivity index (χ0) is 9.14. The van der Waals surface area contributed by atoms with E-state index in [1.165, 1.54) is 6.07 Å². The summed E-state index contributed by atoms with van der Waals surface area (Å²) in [6.07, 6.45) is 0. The van der Waals surface area contributed by atoms with E-state index >= 15 is 0 Å². The molecule has 1 rings (SSSR count). The summed E-state index contributed by atoms with van der Waals surface area (Å²) < 4.78 is 12.7. The third-order valence-electron chi connectivity index (χ3n) is 1.32. The van der Waals surface area contributed by atoms with Gasteiger partial charge in [0.15, 0.2) is 0 Å². The van der Waals surface area contributed by atoms with Crippen molar-refractivity contribution >= 4 is 5.97 Å². The van der Waals surface area contributed by atoms with Gasteiger partial charge in [0.25, 0.3) is 0 Å². The number of nitrogens with zero attached hydrogens (tertiary/aromatic N) is 1. The Morgan fingerprint density at radius 2 is 2.25 bits per heavy atom. The lowest BCUT2D eigenvalue weighted by Crippen LogP contribution is -2.23. The van der Waals surface area contributed by atoms with Crippen LogP contribution in [0.4, 0.5) is 4.39 Å². The smallest absolute Gasteiger partial charge is 0.133 e. The van der Waals surface area contributed by atoms with Crippen LogP contribution in [0.3, 0.4) is 0 Å². The Balaban J connectivity index is 3.23. The maximum absolute atomic E-state index is 12.7. The van der Waals surface area contributed by atoms with Gasteiger partial charge in [0.1, 0.15) is 5.82 Å². The van der Waals surface area contributed by atoms with Crippen LogP contribution in [0.5, 0.6) is 0 Å². The lowest BCUT2D eigenvalue weighted by Gasteiger charge is -2.02. The molecule has 60 valence electrons. The van der Waals surface area contributed by atoms with Gasteiger partial charge in [-0.25, -0.2) is 4.39 Å². The number of carbonyl (C=O) groups is 1. The van der Waals surface area contributed by atoms with Crippen LogP contribution < -0.4 is 5.11 Å². The second-order valence-corrected chi connectivity index (χ2v) is 2.09. The summed E-state index contributed by atoms with van der Waals surface area (Å²) in [7, 11) is 0. The van der Waals surface area contributed by atoms with E-state index in [-0.39, 0.29) is 5.56 Å².